The molecule has 0 saturated heterocycles. The number of carbonyl (C=O) groups excluding carboxylic acids is 2. The van der Waals surface area contributed by atoms with Gasteiger partial charge in [0.1, 0.15) is 6.04 Å². The van der Waals surface area contributed by atoms with Gasteiger partial charge in [0.2, 0.25) is 11.8 Å². The number of nitrogens with one attached hydrogen (secondary N) is 2. The molecule has 1 aliphatic rings. The SMILES string of the molecule is CC(=O)NC(C(=O)NCCc1ccc(-c2csc(C)n2)cc1)C1CCCC1. The maximum Gasteiger partial charge on any atom is 0.242 e. The van der Waals surface area contributed by atoms with E-state index in [-0.39, 0.29) is 17.7 Å². The van der Waals surface area contributed by atoms with Crippen molar-refractivity contribution in [3.8, 4) is 11.3 Å². The number of amides is 2. The van der Waals surface area contributed by atoms with Crippen molar-refractivity contribution in [3.05, 3.63) is 40.2 Å². The summed E-state index contributed by atoms with van der Waals surface area (Å²) in [5, 5.41) is 8.97. The van der Waals surface area contributed by atoms with E-state index < -0.39 is 6.04 Å². The molecular formula is C21H27N3O2S. The van der Waals surface area contributed by atoms with Gasteiger partial charge in [0.25, 0.3) is 0 Å². The maximum absolute atomic E-state index is 12.6. The van der Waals surface area contributed by atoms with Crippen molar-refractivity contribution in [1.82, 2.24) is 15.6 Å². The van der Waals surface area contributed by atoms with E-state index in [0.717, 1.165) is 48.4 Å². The second-order valence-electron chi connectivity index (χ2n) is 7.21. The molecule has 0 aliphatic heterocycles. The first-order chi connectivity index (χ1) is 13.0. The lowest BCUT2D eigenvalue weighted by atomic mass is 9.97. The molecule has 2 aromatic rings. The highest BCUT2D eigenvalue weighted by Gasteiger charge is 2.30. The van der Waals surface area contributed by atoms with E-state index in [2.05, 4.69) is 45.3 Å². The zero-order valence-electron chi connectivity index (χ0n) is 16.0. The normalized spacial score (nSPS) is 15.5. The molecule has 0 radical (unpaired) electrons. The fourth-order valence-corrected chi connectivity index (χ4v) is 4.31. The van der Waals surface area contributed by atoms with Gasteiger partial charge in [-0.15, -0.1) is 11.3 Å². The average Bonchev–Trinajstić information content (AvgIpc) is 3.32. The second kappa shape index (κ2) is 9.13. The van der Waals surface area contributed by atoms with Crippen molar-refractivity contribution in [2.24, 2.45) is 5.92 Å². The van der Waals surface area contributed by atoms with Crippen LogP contribution in [0.5, 0.6) is 0 Å². The van der Waals surface area contributed by atoms with Gasteiger partial charge in [-0.2, -0.15) is 0 Å². The lowest BCUT2D eigenvalue weighted by Gasteiger charge is -2.23. The standard InChI is InChI=1S/C21H27N3O2S/c1-14(25)23-20(18-5-3-4-6-18)21(26)22-12-11-16-7-9-17(10-8-16)19-13-27-15(2)24-19/h7-10,13,18,20H,3-6,11-12H2,1-2H3,(H,22,26)(H,23,25). The van der Waals surface area contributed by atoms with Gasteiger partial charge in [-0.05, 0) is 37.7 Å². The van der Waals surface area contributed by atoms with Gasteiger partial charge in [-0.1, -0.05) is 37.1 Å². The van der Waals surface area contributed by atoms with Crippen molar-refractivity contribution >= 4 is 23.2 Å². The number of benzene rings is 1. The van der Waals surface area contributed by atoms with Crippen molar-refractivity contribution in [2.45, 2.75) is 52.0 Å². The lowest BCUT2D eigenvalue weighted by molar-refractivity contribution is -0.129. The highest BCUT2D eigenvalue weighted by Crippen LogP contribution is 2.28. The van der Waals surface area contributed by atoms with Crippen LogP contribution >= 0.6 is 11.3 Å². The number of carbonyl (C=O) groups is 2. The van der Waals surface area contributed by atoms with Gasteiger partial charge < -0.3 is 10.6 Å². The minimum atomic E-state index is -0.403. The monoisotopic (exact) mass is 385 g/mol. The summed E-state index contributed by atoms with van der Waals surface area (Å²) in [7, 11) is 0. The lowest BCUT2D eigenvalue weighted by Crippen LogP contribution is -2.50. The Labute approximate surface area is 164 Å². The van der Waals surface area contributed by atoms with Gasteiger partial charge in [0.05, 0.1) is 10.7 Å². The van der Waals surface area contributed by atoms with Crippen LogP contribution < -0.4 is 10.6 Å². The predicted molar refractivity (Wildman–Crippen MR) is 109 cm³/mol. The smallest absolute Gasteiger partial charge is 0.242 e. The molecule has 1 aromatic carbocycles. The van der Waals surface area contributed by atoms with Crippen molar-refractivity contribution < 1.29 is 9.59 Å². The first-order valence-electron chi connectivity index (χ1n) is 9.59. The van der Waals surface area contributed by atoms with E-state index in [9.17, 15) is 9.59 Å². The van der Waals surface area contributed by atoms with Crippen LogP contribution in [0.2, 0.25) is 0 Å². The molecule has 1 atom stereocenters. The molecule has 0 spiro atoms. The number of rotatable bonds is 7. The summed E-state index contributed by atoms with van der Waals surface area (Å²) < 4.78 is 0. The molecule has 2 amide bonds. The van der Waals surface area contributed by atoms with E-state index in [0.29, 0.717) is 6.54 Å². The van der Waals surface area contributed by atoms with E-state index in [1.54, 1.807) is 11.3 Å². The van der Waals surface area contributed by atoms with Crippen LogP contribution in [0.4, 0.5) is 0 Å². The van der Waals surface area contributed by atoms with Crippen molar-refractivity contribution in [3.63, 3.8) is 0 Å². The number of aryl methyl sites for hydroxylation is 1. The zero-order chi connectivity index (χ0) is 19.2. The fraction of sp³-hybridized carbons (Fsp3) is 0.476. The highest BCUT2D eigenvalue weighted by atomic mass is 32.1. The molecule has 5 nitrogen and oxygen atoms in total. The molecule has 1 heterocycles. The topological polar surface area (TPSA) is 71.1 Å². The van der Waals surface area contributed by atoms with Crippen LogP contribution in [-0.2, 0) is 16.0 Å². The van der Waals surface area contributed by atoms with Crippen LogP contribution in [0, 0.1) is 12.8 Å². The molecule has 1 fully saturated rings. The zero-order valence-corrected chi connectivity index (χ0v) is 16.8. The summed E-state index contributed by atoms with van der Waals surface area (Å²) in [4.78, 5) is 28.5. The molecular weight excluding hydrogens is 358 g/mol. The van der Waals surface area contributed by atoms with E-state index >= 15 is 0 Å². The van der Waals surface area contributed by atoms with Crippen molar-refractivity contribution in [1.29, 1.82) is 0 Å². The van der Waals surface area contributed by atoms with Gasteiger partial charge in [-0.3, -0.25) is 9.59 Å². The van der Waals surface area contributed by atoms with E-state index in [4.69, 9.17) is 0 Å². The largest absolute Gasteiger partial charge is 0.354 e. The Morgan fingerprint density at radius 1 is 1.22 bits per heavy atom. The average molecular weight is 386 g/mol. The molecule has 0 bridgehead atoms. The summed E-state index contributed by atoms with van der Waals surface area (Å²) >= 11 is 1.65. The number of aromatic nitrogens is 1. The van der Waals surface area contributed by atoms with E-state index in [1.807, 2.05) is 6.92 Å². The highest BCUT2D eigenvalue weighted by molar-refractivity contribution is 7.09. The molecule has 1 saturated carbocycles. The Bertz CT molecular complexity index is 779. The Morgan fingerprint density at radius 2 is 1.93 bits per heavy atom. The predicted octanol–water partition coefficient (Wildman–Crippen LogP) is 3.47. The number of nitrogens with zero attached hydrogens (tertiary/aromatic N) is 1. The third-order valence-corrected chi connectivity index (χ3v) is 5.87. The summed E-state index contributed by atoms with van der Waals surface area (Å²) in [5.74, 6) is 0.0522. The van der Waals surface area contributed by atoms with Gasteiger partial charge >= 0.3 is 0 Å². The Hall–Kier alpha value is -2.21. The summed E-state index contributed by atoms with van der Waals surface area (Å²) in [6, 6.07) is 7.91. The minimum absolute atomic E-state index is 0.0633. The summed E-state index contributed by atoms with van der Waals surface area (Å²) in [5.41, 5.74) is 3.29. The molecule has 6 heteroatoms. The molecule has 1 aromatic heterocycles. The Kier molecular flexibility index (Phi) is 6.61. The third-order valence-electron chi connectivity index (χ3n) is 5.09. The van der Waals surface area contributed by atoms with Crippen molar-refractivity contribution in [2.75, 3.05) is 6.54 Å². The van der Waals surface area contributed by atoms with Crippen LogP contribution in [0.1, 0.15) is 43.2 Å². The molecule has 1 unspecified atom stereocenters. The first kappa shape index (κ1) is 19.5. The number of hydrogen-bond donors (Lipinski definition) is 2. The fourth-order valence-electron chi connectivity index (χ4n) is 3.69. The second-order valence-corrected chi connectivity index (χ2v) is 8.27. The Balaban J connectivity index is 1.51. The van der Waals surface area contributed by atoms with Crippen LogP contribution in [0.3, 0.4) is 0 Å². The third kappa shape index (κ3) is 5.39. The molecule has 27 heavy (non-hydrogen) atoms. The minimum Gasteiger partial charge on any atom is -0.354 e. The first-order valence-corrected chi connectivity index (χ1v) is 10.5. The van der Waals surface area contributed by atoms with Gasteiger partial charge in [-0.25, -0.2) is 4.98 Å². The van der Waals surface area contributed by atoms with Crippen LogP contribution in [0.25, 0.3) is 11.3 Å². The number of hydrogen-bond acceptors (Lipinski definition) is 4. The van der Waals surface area contributed by atoms with Crippen LogP contribution in [0.15, 0.2) is 29.6 Å². The quantitative estimate of drug-likeness (QED) is 0.767. The summed E-state index contributed by atoms with van der Waals surface area (Å²) in [6.07, 6.45) is 5.06. The van der Waals surface area contributed by atoms with Crippen LogP contribution in [-0.4, -0.2) is 29.4 Å². The molecule has 1 aliphatic carbocycles. The molecule has 3 rings (SSSR count). The van der Waals surface area contributed by atoms with Gasteiger partial charge in [0, 0.05) is 24.4 Å². The molecule has 144 valence electrons. The van der Waals surface area contributed by atoms with Gasteiger partial charge in [0.15, 0.2) is 0 Å². The number of thiazole rings is 1. The van der Waals surface area contributed by atoms with E-state index in [1.165, 1.54) is 12.5 Å². The molecule has 2 N–H and O–H groups in total. The maximum atomic E-state index is 12.6. The Morgan fingerprint density at radius 3 is 2.52 bits per heavy atom. The summed E-state index contributed by atoms with van der Waals surface area (Å²) in [6.45, 7) is 4.04.